The van der Waals surface area contributed by atoms with Crippen LogP contribution in [0.15, 0.2) is 18.5 Å². The molecule has 0 unspecified atom stereocenters. The number of carboxylic acids is 1. The first-order valence-electron chi connectivity index (χ1n) is 5.53. The van der Waals surface area contributed by atoms with Crippen LogP contribution in [0.5, 0.6) is 0 Å². The molecule has 0 radical (unpaired) electrons. The second-order valence-corrected chi connectivity index (χ2v) is 4.25. The lowest BCUT2D eigenvalue weighted by Crippen LogP contribution is -1.98. The van der Waals surface area contributed by atoms with E-state index in [9.17, 15) is 4.79 Å². The van der Waals surface area contributed by atoms with Crippen molar-refractivity contribution < 1.29 is 9.90 Å². The van der Waals surface area contributed by atoms with Crippen molar-refractivity contribution in [2.24, 2.45) is 0 Å². The van der Waals surface area contributed by atoms with Gasteiger partial charge in [-0.25, -0.2) is 9.78 Å². The first kappa shape index (κ1) is 10.6. The van der Waals surface area contributed by atoms with Crippen molar-refractivity contribution in [1.29, 1.82) is 0 Å². The van der Waals surface area contributed by atoms with Gasteiger partial charge in [-0.05, 0) is 25.5 Å². The molecule has 6 heteroatoms. The molecule has 0 amide bonds. The number of hydrogen-bond donors (Lipinski definition) is 3. The van der Waals surface area contributed by atoms with Crippen LogP contribution >= 0.6 is 0 Å². The summed E-state index contributed by atoms with van der Waals surface area (Å²) in [7, 11) is 0. The second kappa shape index (κ2) is 3.49. The van der Waals surface area contributed by atoms with Crippen LogP contribution in [-0.2, 0) is 0 Å². The monoisotopic (exact) mass is 244 g/mol. The Bertz CT molecular complexity index is 747. The van der Waals surface area contributed by atoms with Gasteiger partial charge in [0.2, 0.25) is 5.78 Å². The minimum absolute atomic E-state index is 0.219. The first-order valence-corrected chi connectivity index (χ1v) is 5.53. The van der Waals surface area contributed by atoms with Crippen LogP contribution in [0.25, 0.3) is 17.2 Å². The van der Waals surface area contributed by atoms with Gasteiger partial charge in [0.15, 0.2) is 0 Å². The van der Waals surface area contributed by atoms with Crippen molar-refractivity contribution in [3.05, 3.63) is 35.4 Å². The number of aryl methyl sites for hydroxylation is 2. The molecule has 3 heterocycles. The lowest BCUT2D eigenvalue weighted by Gasteiger charge is -1.95. The first-order chi connectivity index (χ1) is 8.58. The number of imidazole rings is 2. The number of hydrogen-bond acceptors (Lipinski definition) is 2. The van der Waals surface area contributed by atoms with Crippen molar-refractivity contribution >= 4 is 11.7 Å². The number of carbonyl (C=O) groups is 1. The Morgan fingerprint density at radius 2 is 2.17 bits per heavy atom. The Morgan fingerprint density at radius 3 is 2.78 bits per heavy atom. The zero-order valence-corrected chi connectivity index (χ0v) is 9.98. The minimum atomic E-state index is -0.951. The Kier molecular flexibility index (Phi) is 2.07. The highest BCUT2D eigenvalue weighted by molar-refractivity contribution is 5.88. The molecule has 0 aromatic carbocycles. The molecular formula is C12H12N4O2. The van der Waals surface area contributed by atoms with Crippen LogP contribution < -0.4 is 0 Å². The molecule has 0 spiro atoms. The maximum atomic E-state index is 11.0. The molecule has 0 saturated carbocycles. The molecular weight excluding hydrogens is 232 g/mol. The highest BCUT2D eigenvalue weighted by atomic mass is 16.4. The summed E-state index contributed by atoms with van der Waals surface area (Å²) in [5, 5.41) is 9.04. The van der Waals surface area contributed by atoms with Gasteiger partial charge < -0.3 is 15.1 Å². The Hall–Kier alpha value is -2.50. The smallest absolute Gasteiger partial charge is 0.352 e. The zero-order chi connectivity index (χ0) is 12.9. The van der Waals surface area contributed by atoms with Gasteiger partial charge in [-0.15, -0.1) is 0 Å². The van der Waals surface area contributed by atoms with Gasteiger partial charge in [0.25, 0.3) is 0 Å². The fourth-order valence-corrected chi connectivity index (χ4v) is 2.17. The Morgan fingerprint density at radius 1 is 1.39 bits per heavy atom. The normalized spacial score (nSPS) is 11.2. The quantitative estimate of drug-likeness (QED) is 0.644. The average Bonchev–Trinajstić information content (AvgIpc) is 2.95. The van der Waals surface area contributed by atoms with E-state index in [1.54, 1.807) is 13.1 Å². The number of aromatic carboxylic acids is 1. The van der Waals surface area contributed by atoms with Crippen molar-refractivity contribution in [3.63, 3.8) is 0 Å². The number of nitrogens with one attached hydrogen (secondary N) is 2. The van der Waals surface area contributed by atoms with Crippen LogP contribution in [0.1, 0.15) is 21.7 Å². The van der Waals surface area contributed by atoms with Gasteiger partial charge in [-0.2, -0.15) is 0 Å². The lowest BCUT2D eigenvalue weighted by molar-refractivity contribution is 0.0690. The van der Waals surface area contributed by atoms with E-state index < -0.39 is 5.97 Å². The summed E-state index contributed by atoms with van der Waals surface area (Å²) in [6, 6.07) is 1.82. The summed E-state index contributed by atoms with van der Waals surface area (Å²) in [6.45, 7) is 3.73. The Balaban J connectivity index is 2.19. The van der Waals surface area contributed by atoms with Crippen LogP contribution in [0.3, 0.4) is 0 Å². The third-order valence-electron chi connectivity index (χ3n) is 3.10. The molecule has 0 aliphatic heterocycles. The van der Waals surface area contributed by atoms with Crippen LogP contribution in [0.4, 0.5) is 0 Å². The summed E-state index contributed by atoms with van der Waals surface area (Å²) in [5.41, 5.74) is 3.53. The van der Waals surface area contributed by atoms with Gasteiger partial charge in [0.05, 0.1) is 11.4 Å². The molecule has 0 fully saturated rings. The number of aromatic amines is 2. The lowest BCUT2D eigenvalue weighted by atomic mass is 10.2. The fourth-order valence-electron chi connectivity index (χ4n) is 2.17. The molecule has 6 nitrogen and oxygen atoms in total. The van der Waals surface area contributed by atoms with E-state index in [2.05, 4.69) is 15.0 Å². The van der Waals surface area contributed by atoms with Crippen LogP contribution in [0.2, 0.25) is 0 Å². The van der Waals surface area contributed by atoms with E-state index in [4.69, 9.17) is 5.11 Å². The second-order valence-electron chi connectivity index (χ2n) is 4.25. The maximum Gasteiger partial charge on any atom is 0.352 e. The predicted molar refractivity (Wildman–Crippen MR) is 65.8 cm³/mol. The molecule has 18 heavy (non-hydrogen) atoms. The Labute approximate surface area is 102 Å². The van der Waals surface area contributed by atoms with Gasteiger partial charge in [-0.3, -0.25) is 4.40 Å². The molecule has 3 aromatic rings. The summed E-state index contributed by atoms with van der Waals surface area (Å²) in [5.74, 6) is -0.209. The molecule has 0 bridgehead atoms. The standard InChI is InChI=1S/C12H12N4O2/c1-6-5-8(14-9(6)11(17)18)10-7(2)16-4-3-13-12(16)15-10/h3-5,14H,1-2H3,(H,13,15)(H,17,18). The number of nitrogens with zero attached hydrogens (tertiary/aromatic N) is 2. The van der Waals surface area contributed by atoms with E-state index in [0.29, 0.717) is 5.56 Å². The highest BCUT2D eigenvalue weighted by Gasteiger charge is 2.16. The summed E-state index contributed by atoms with van der Waals surface area (Å²) < 4.78 is 1.92. The molecule has 3 aromatic heterocycles. The third-order valence-corrected chi connectivity index (χ3v) is 3.10. The van der Waals surface area contributed by atoms with E-state index in [1.807, 2.05) is 23.6 Å². The maximum absolute atomic E-state index is 11.0. The van der Waals surface area contributed by atoms with Crippen LogP contribution in [0, 0.1) is 13.8 Å². The van der Waals surface area contributed by atoms with Gasteiger partial charge in [0.1, 0.15) is 5.69 Å². The highest BCUT2D eigenvalue weighted by Crippen LogP contribution is 2.24. The summed E-state index contributed by atoms with van der Waals surface area (Å²) >= 11 is 0. The largest absolute Gasteiger partial charge is 0.477 e. The number of carboxylic acid groups (broad SMARTS) is 1. The number of rotatable bonds is 2. The predicted octanol–water partition coefficient (Wildman–Crippen LogP) is 1.97. The van der Waals surface area contributed by atoms with Gasteiger partial charge in [0, 0.05) is 18.1 Å². The summed E-state index contributed by atoms with van der Waals surface area (Å²) in [6.07, 6.45) is 3.57. The average molecular weight is 244 g/mol. The molecule has 3 rings (SSSR count). The van der Waals surface area contributed by atoms with Crippen LogP contribution in [-0.4, -0.2) is 30.4 Å². The number of aromatic nitrogens is 4. The SMILES string of the molecule is Cc1cc(-c2[nH]c3nccn3c2C)[nH]c1C(=O)O. The molecule has 0 saturated heterocycles. The minimum Gasteiger partial charge on any atom is -0.477 e. The van der Waals surface area contributed by atoms with E-state index in [0.717, 1.165) is 22.9 Å². The van der Waals surface area contributed by atoms with E-state index in [-0.39, 0.29) is 5.69 Å². The summed E-state index contributed by atoms with van der Waals surface area (Å²) in [4.78, 5) is 21.3. The number of H-pyrrole nitrogens is 2. The topological polar surface area (TPSA) is 86.2 Å². The molecule has 0 atom stereocenters. The molecule has 0 aliphatic carbocycles. The van der Waals surface area contributed by atoms with Crippen molar-refractivity contribution in [1.82, 2.24) is 19.4 Å². The number of fused-ring (bicyclic) bond motifs is 1. The molecule has 92 valence electrons. The van der Waals surface area contributed by atoms with E-state index >= 15 is 0 Å². The van der Waals surface area contributed by atoms with E-state index in [1.165, 1.54) is 0 Å². The van der Waals surface area contributed by atoms with Gasteiger partial charge in [-0.1, -0.05) is 0 Å². The molecule has 3 N–H and O–H groups in total. The van der Waals surface area contributed by atoms with Gasteiger partial charge >= 0.3 is 5.97 Å². The van der Waals surface area contributed by atoms with Crippen molar-refractivity contribution in [3.8, 4) is 11.4 Å². The zero-order valence-electron chi connectivity index (χ0n) is 9.98. The molecule has 0 aliphatic rings. The van der Waals surface area contributed by atoms with Crippen molar-refractivity contribution in [2.75, 3.05) is 0 Å². The third kappa shape index (κ3) is 1.35. The fraction of sp³-hybridized carbons (Fsp3) is 0.167. The van der Waals surface area contributed by atoms with Crippen molar-refractivity contribution in [2.45, 2.75) is 13.8 Å².